The van der Waals surface area contributed by atoms with Gasteiger partial charge >= 0.3 is 0 Å². The lowest BCUT2D eigenvalue weighted by molar-refractivity contribution is 0.474. The van der Waals surface area contributed by atoms with Crippen LogP contribution in [0.3, 0.4) is 0 Å². The maximum atomic E-state index is 9.59. The summed E-state index contributed by atoms with van der Waals surface area (Å²) in [7, 11) is 0. The first kappa shape index (κ1) is 13.5. The lowest BCUT2D eigenvalue weighted by Crippen LogP contribution is -2.11. The molecule has 2 aromatic rings. The summed E-state index contributed by atoms with van der Waals surface area (Å²) in [5.41, 5.74) is 4.63. The summed E-state index contributed by atoms with van der Waals surface area (Å²) in [4.78, 5) is 4.47. The van der Waals surface area contributed by atoms with Crippen LogP contribution in [-0.2, 0) is 5.41 Å². The first-order valence-electron chi connectivity index (χ1n) is 6.00. The Hall–Kier alpha value is -1.88. The van der Waals surface area contributed by atoms with Crippen LogP contribution in [0.25, 0.3) is 0 Å². The highest BCUT2D eigenvalue weighted by Gasteiger charge is 2.17. The van der Waals surface area contributed by atoms with Crippen LogP contribution >= 0.6 is 11.3 Å². The highest BCUT2D eigenvalue weighted by molar-refractivity contribution is 7.13. The molecular weight excluding hydrogens is 258 g/mol. The van der Waals surface area contributed by atoms with Crippen molar-refractivity contribution in [2.45, 2.75) is 26.2 Å². The quantitative estimate of drug-likeness (QED) is 0.665. The molecule has 2 rings (SSSR count). The van der Waals surface area contributed by atoms with Gasteiger partial charge in [0.15, 0.2) is 0 Å². The number of rotatable bonds is 3. The van der Waals surface area contributed by atoms with E-state index in [1.54, 1.807) is 24.4 Å². The van der Waals surface area contributed by atoms with Gasteiger partial charge in [0.25, 0.3) is 0 Å². The zero-order valence-corrected chi connectivity index (χ0v) is 12.0. The predicted octanol–water partition coefficient (Wildman–Crippen LogP) is 3.59. The fraction of sp³-hybridized carbons (Fsp3) is 0.286. The van der Waals surface area contributed by atoms with Gasteiger partial charge in [0.1, 0.15) is 5.75 Å². The van der Waals surface area contributed by atoms with Crippen LogP contribution < -0.4 is 5.43 Å². The number of aromatic hydroxyl groups is 1. The monoisotopic (exact) mass is 275 g/mol. The number of para-hydroxylation sites is 1. The number of anilines is 1. The maximum absolute atomic E-state index is 9.59. The molecule has 0 spiro atoms. The standard InChI is InChI=1S/C14H17N3OS/c1-14(2,3)12-9-19-13(16-12)17-15-8-10-6-4-5-7-11(10)18/h4-9,18H,1-3H3,(H,16,17). The first-order valence-corrected chi connectivity index (χ1v) is 6.88. The Labute approximate surface area is 116 Å². The largest absolute Gasteiger partial charge is 0.507 e. The van der Waals surface area contributed by atoms with Gasteiger partial charge in [-0.15, -0.1) is 11.3 Å². The predicted molar refractivity (Wildman–Crippen MR) is 80.1 cm³/mol. The summed E-state index contributed by atoms with van der Waals surface area (Å²) in [6.07, 6.45) is 1.58. The molecule has 0 fully saturated rings. The van der Waals surface area contributed by atoms with Crippen molar-refractivity contribution in [3.63, 3.8) is 0 Å². The van der Waals surface area contributed by atoms with Gasteiger partial charge in [-0.1, -0.05) is 32.9 Å². The fourth-order valence-electron chi connectivity index (χ4n) is 1.42. The molecule has 0 saturated carbocycles. The van der Waals surface area contributed by atoms with E-state index < -0.39 is 0 Å². The van der Waals surface area contributed by atoms with Crippen LogP contribution in [-0.4, -0.2) is 16.3 Å². The number of aromatic nitrogens is 1. The molecule has 19 heavy (non-hydrogen) atoms. The molecular formula is C14H17N3OS. The molecule has 0 radical (unpaired) electrons. The van der Waals surface area contributed by atoms with Crippen molar-refractivity contribution in [2.24, 2.45) is 5.10 Å². The van der Waals surface area contributed by atoms with Crippen molar-refractivity contribution < 1.29 is 5.11 Å². The third-order valence-corrected chi connectivity index (χ3v) is 3.32. The number of hydrazone groups is 1. The Bertz CT molecular complexity index is 584. The Balaban J connectivity index is 2.03. The molecule has 1 aromatic carbocycles. The minimum atomic E-state index is 0.0395. The summed E-state index contributed by atoms with van der Waals surface area (Å²) in [5, 5.41) is 16.4. The van der Waals surface area contributed by atoms with E-state index in [-0.39, 0.29) is 11.2 Å². The van der Waals surface area contributed by atoms with Crippen molar-refractivity contribution >= 4 is 22.7 Å². The molecule has 0 aliphatic heterocycles. The third-order valence-electron chi connectivity index (χ3n) is 2.57. The second-order valence-corrected chi connectivity index (χ2v) is 6.07. The van der Waals surface area contributed by atoms with E-state index in [1.165, 1.54) is 11.3 Å². The molecule has 0 aliphatic carbocycles. The number of hydrogen-bond acceptors (Lipinski definition) is 5. The summed E-state index contributed by atoms with van der Waals surface area (Å²) < 4.78 is 0. The fourth-order valence-corrected chi connectivity index (χ4v) is 2.31. The number of hydrogen-bond donors (Lipinski definition) is 2. The Morgan fingerprint density at radius 3 is 2.68 bits per heavy atom. The van der Waals surface area contributed by atoms with Crippen LogP contribution in [0.5, 0.6) is 5.75 Å². The SMILES string of the molecule is CC(C)(C)c1csc(NN=Cc2ccccc2O)n1. The normalized spacial score (nSPS) is 11.9. The first-order chi connectivity index (χ1) is 8.97. The topological polar surface area (TPSA) is 57.5 Å². The molecule has 2 N–H and O–H groups in total. The molecule has 1 heterocycles. The smallest absolute Gasteiger partial charge is 0.203 e. The third kappa shape index (κ3) is 3.54. The number of benzene rings is 1. The summed E-state index contributed by atoms with van der Waals surface area (Å²) in [5.74, 6) is 0.211. The van der Waals surface area contributed by atoms with Crippen molar-refractivity contribution in [3.8, 4) is 5.75 Å². The van der Waals surface area contributed by atoms with E-state index >= 15 is 0 Å². The van der Waals surface area contributed by atoms with Crippen LogP contribution in [0.4, 0.5) is 5.13 Å². The van der Waals surface area contributed by atoms with Crippen LogP contribution in [0.1, 0.15) is 32.0 Å². The second-order valence-electron chi connectivity index (χ2n) is 5.22. The minimum Gasteiger partial charge on any atom is -0.507 e. The average Bonchev–Trinajstić information content (AvgIpc) is 2.80. The Kier molecular flexibility index (Phi) is 3.85. The van der Waals surface area contributed by atoms with Gasteiger partial charge in [-0.25, -0.2) is 4.98 Å². The molecule has 0 atom stereocenters. The van der Waals surface area contributed by atoms with Gasteiger partial charge in [-0.05, 0) is 12.1 Å². The number of nitrogens with zero attached hydrogens (tertiary/aromatic N) is 2. The van der Waals surface area contributed by atoms with Gasteiger partial charge in [0.2, 0.25) is 5.13 Å². The van der Waals surface area contributed by atoms with E-state index in [0.717, 1.165) is 10.8 Å². The number of phenolic OH excluding ortho intramolecular Hbond substituents is 1. The van der Waals surface area contributed by atoms with Crippen LogP contribution in [0.2, 0.25) is 0 Å². The molecule has 0 bridgehead atoms. The Morgan fingerprint density at radius 1 is 1.32 bits per heavy atom. The van der Waals surface area contributed by atoms with Crippen molar-refractivity contribution in [1.82, 2.24) is 4.98 Å². The van der Waals surface area contributed by atoms with Gasteiger partial charge in [0, 0.05) is 16.4 Å². The molecule has 1 aromatic heterocycles. The van der Waals surface area contributed by atoms with Crippen LogP contribution in [0.15, 0.2) is 34.7 Å². The number of thiazole rings is 1. The Morgan fingerprint density at radius 2 is 2.05 bits per heavy atom. The van der Waals surface area contributed by atoms with Gasteiger partial charge < -0.3 is 5.11 Å². The molecule has 100 valence electrons. The summed E-state index contributed by atoms with van der Waals surface area (Å²) >= 11 is 1.52. The van der Waals surface area contributed by atoms with Gasteiger partial charge in [-0.2, -0.15) is 5.10 Å². The van der Waals surface area contributed by atoms with Gasteiger partial charge in [-0.3, -0.25) is 5.43 Å². The lowest BCUT2D eigenvalue weighted by Gasteiger charge is -2.13. The molecule has 4 nitrogen and oxygen atoms in total. The van der Waals surface area contributed by atoms with E-state index in [9.17, 15) is 5.11 Å². The summed E-state index contributed by atoms with van der Waals surface area (Å²) in [6, 6.07) is 7.05. The van der Waals surface area contributed by atoms with Crippen molar-refractivity contribution in [2.75, 3.05) is 5.43 Å². The van der Waals surface area contributed by atoms with E-state index in [1.807, 2.05) is 11.4 Å². The number of phenols is 1. The molecule has 0 amide bonds. The molecule has 0 unspecified atom stereocenters. The second kappa shape index (κ2) is 5.40. The number of nitrogens with one attached hydrogen (secondary N) is 1. The lowest BCUT2D eigenvalue weighted by atomic mass is 9.93. The van der Waals surface area contributed by atoms with E-state index in [4.69, 9.17) is 0 Å². The molecule has 0 aliphatic rings. The zero-order valence-electron chi connectivity index (χ0n) is 11.2. The van der Waals surface area contributed by atoms with Crippen molar-refractivity contribution in [3.05, 3.63) is 40.9 Å². The van der Waals surface area contributed by atoms with Crippen LogP contribution in [0, 0.1) is 0 Å². The van der Waals surface area contributed by atoms with Gasteiger partial charge in [0.05, 0.1) is 11.9 Å². The van der Waals surface area contributed by atoms with E-state index in [2.05, 4.69) is 36.3 Å². The minimum absolute atomic E-state index is 0.0395. The average molecular weight is 275 g/mol. The highest BCUT2D eigenvalue weighted by atomic mass is 32.1. The molecule has 0 saturated heterocycles. The zero-order chi connectivity index (χ0) is 13.9. The maximum Gasteiger partial charge on any atom is 0.203 e. The van der Waals surface area contributed by atoms with Crippen molar-refractivity contribution in [1.29, 1.82) is 0 Å². The summed E-state index contributed by atoms with van der Waals surface area (Å²) in [6.45, 7) is 6.37. The van der Waals surface area contributed by atoms with E-state index in [0.29, 0.717) is 5.56 Å². The molecule has 5 heteroatoms. The highest BCUT2D eigenvalue weighted by Crippen LogP contribution is 2.26.